The summed E-state index contributed by atoms with van der Waals surface area (Å²) in [4.78, 5) is 15.2. The van der Waals surface area contributed by atoms with E-state index >= 15 is 0 Å². The standard InChI is InChI=1S/C21H17Cl4NO/c1-2-26-11-15(9-13-5-3-7-17(22)19(13)24)21(27)16(12-26)10-14-6-4-8-18(23)20(14)25/h3-10H,2,11-12H2,1H3/b15-9-,16-10+. The van der Waals surface area contributed by atoms with E-state index in [4.69, 9.17) is 46.4 Å². The van der Waals surface area contributed by atoms with E-state index in [1.807, 2.05) is 36.4 Å². The molecule has 0 amide bonds. The van der Waals surface area contributed by atoms with Crippen molar-refractivity contribution >= 4 is 64.3 Å². The van der Waals surface area contributed by atoms with Crippen LogP contribution in [0, 0.1) is 0 Å². The lowest BCUT2D eigenvalue weighted by Crippen LogP contribution is -2.37. The number of piperidine rings is 1. The molecule has 0 atom stereocenters. The minimum atomic E-state index is -0.0215. The van der Waals surface area contributed by atoms with Crippen LogP contribution in [0.2, 0.25) is 20.1 Å². The number of rotatable bonds is 3. The average Bonchev–Trinajstić information content (AvgIpc) is 2.65. The lowest BCUT2D eigenvalue weighted by molar-refractivity contribution is -0.113. The Morgan fingerprint density at radius 1 is 0.852 bits per heavy atom. The molecule has 0 unspecified atom stereocenters. The van der Waals surface area contributed by atoms with Crippen LogP contribution in [0.25, 0.3) is 12.2 Å². The van der Waals surface area contributed by atoms with Crippen molar-refractivity contribution in [3.63, 3.8) is 0 Å². The highest BCUT2D eigenvalue weighted by Crippen LogP contribution is 2.31. The van der Waals surface area contributed by atoms with Crippen LogP contribution in [0.3, 0.4) is 0 Å². The number of halogens is 4. The van der Waals surface area contributed by atoms with Crippen molar-refractivity contribution in [2.45, 2.75) is 6.92 Å². The fourth-order valence-corrected chi connectivity index (χ4v) is 3.70. The third kappa shape index (κ3) is 4.59. The highest BCUT2D eigenvalue weighted by Gasteiger charge is 2.25. The Bertz CT molecular complexity index is 876. The van der Waals surface area contributed by atoms with Gasteiger partial charge >= 0.3 is 0 Å². The Kier molecular flexibility index (Phi) is 6.67. The average molecular weight is 441 g/mol. The Hall–Kier alpha value is -1.29. The number of likely N-dealkylation sites (tertiary alicyclic amines) is 1. The maximum atomic E-state index is 13.1. The number of likely N-dealkylation sites (N-methyl/N-ethyl adjacent to an activating group) is 1. The van der Waals surface area contributed by atoms with Crippen molar-refractivity contribution < 1.29 is 4.79 Å². The number of nitrogens with zero attached hydrogens (tertiary/aromatic N) is 1. The van der Waals surface area contributed by atoms with Gasteiger partial charge < -0.3 is 0 Å². The monoisotopic (exact) mass is 439 g/mol. The van der Waals surface area contributed by atoms with Crippen molar-refractivity contribution in [1.82, 2.24) is 4.90 Å². The summed E-state index contributed by atoms with van der Waals surface area (Å²) in [6.45, 7) is 3.98. The van der Waals surface area contributed by atoms with E-state index in [9.17, 15) is 4.79 Å². The van der Waals surface area contributed by atoms with Gasteiger partial charge in [0.2, 0.25) is 0 Å². The summed E-state index contributed by atoms with van der Waals surface area (Å²) in [7, 11) is 0. The van der Waals surface area contributed by atoms with Crippen LogP contribution in [0.5, 0.6) is 0 Å². The van der Waals surface area contributed by atoms with Gasteiger partial charge in [0.25, 0.3) is 0 Å². The van der Waals surface area contributed by atoms with Gasteiger partial charge in [0, 0.05) is 24.2 Å². The van der Waals surface area contributed by atoms with Crippen molar-refractivity contribution in [3.05, 3.63) is 78.8 Å². The van der Waals surface area contributed by atoms with Gasteiger partial charge in [0.05, 0.1) is 20.1 Å². The molecule has 27 heavy (non-hydrogen) atoms. The first-order valence-electron chi connectivity index (χ1n) is 8.47. The Morgan fingerprint density at radius 2 is 1.30 bits per heavy atom. The summed E-state index contributed by atoms with van der Waals surface area (Å²) in [5.74, 6) is -0.0215. The molecule has 0 radical (unpaired) electrons. The zero-order valence-corrected chi connectivity index (χ0v) is 17.6. The molecular weight excluding hydrogens is 424 g/mol. The Balaban J connectivity index is 2.03. The number of carbonyl (C=O) groups is 1. The first-order valence-corrected chi connectivity index (χ1v) is 9.98. The number of carbonyl (C=O) groups excluding carboxylic acids is 1. The van der Waals surface area contributed by atoms with Crippen molar-refractivity contribution in [2.75, 3.05) is 19.6 Å². The van der Waals surface area contributed by atoms with E-state index in [1.165, 1.54) is 0 Å². The van der Waals surface area contributed by atoms with E-state index in [1.54, 1.807) is 12.1 Å². The van der Waals surface area contributed by atoms with Gasteiger partial charge in [0.15, 0.2) is 5.78 Å². The lowest BCUT2D eigenvalue weighted by atomic mass is 9.94. The molecule has 140 valence electrons. The highest BCUT2D eigenvalue weighted by atomic mass is 35.5. The van der Waals surface area contributed by atoms with Gasteiger partial charge in [-0.1, -0.05) is 77.6 Å². The first-order chi connectivity index (χ1) is 12.9. The van der Waals surface area contributed by atoms with Crippen molar-refractivity contribution in [3.8, 4) is 0 Å². The van der Waals surface area contributed by atoms with Gasteiger partial charge in [0.1, 0.15) is 0 Å². The lowest BCUT2D eigenvalue weighted by Gasteiger charge is -2.28. The van der Waals surface area contributed by atoms with Crippen LogP contribution in [0.4, 0.5) is 0 Å². The second-order valence-electron chi connectivity index (χ2n) is 6.26. The maximum absolute atomic E-state index is 13.1. The van der Waals surface area contributed by atoms with Crippen LogP contribution in [-0.4, -0.2) is 30.3 Å². The van der Waals surface area contributed by atoms with Crippen molar-refractivity contribution in [1.29, 1.82) is 0 Å². The van der Waals surface area contributed by atoms with Crippen LogP contribution in [0.1, 0.15) is 18.1 Å². The quantitative estimate of drug-likeness (QED) is 0.496. The molecule has 0 aliphatic carbocycles. The SMILES string of the molecule is CCN1C/C(=C/c2cccc(Cl)c2Cl)C(=O)/C(=C/c2cccc(Cl)c2Cl)C1. The highest BCUT2D eigenvalue weighted by molar-refractivity contribution is 6.43. The third-order valence-corrected chi connectivity index (χ3v) is 6.11. The summed E-state index contributed by atoms with van der Waals surface area (Å²) < 4.78 is 0. The topological polar surface area (TPSA) is 20.3 Å². The molecule has 0 bridgehead atoms. The predicted octanol–water partition coefficient (Wildman–Crippen LogP) is 6.67. The van der Waals surface area contributed by atoms with E-state index in [2.05, 4.69) is 11.8 Å². The molecule has 6 heteroatoms. The van der Waals surface area contributed by atoms with Gasteiger partial charge in [-0.3, -0.25) is 9.69 Å². The second kappa shape index (κ2) is 8.81. The van der Waals surface area contributed by atoms with Gasteiger partial charge in [-0.05, 0) is 42.0 Å². The zero-order chi connectivity index (χ0) is 19.6. The number of hydrogen-bond acceptors (Lipinski definition) is 2. The van der Waals surface area contributed by atoms with Crippen LogP contribution in [0.15, 0.2) is 47.5 Å². The number of Topliss-reactive ketones (excluding diaryl/α,β-unsaturated/α-hetero) is 1. The molecule has 0 spiro atoms. The van der Waals surface area contributed by atoms with Crippen LogP contribution < -0.4 is 0 Å². The molecule has 2 aromatic carbocycles. The third-order valence-electron chi connectivity index (χ3n) is 4.44. The maximum Gasteiger partial charge on any atom is 0.187 e. The minimum Gasteiger partial charge on any atom is -0.295 e. The molecule has 1 fully saturated rings. The summed E-state index contributed by atoms with van der Waals surface area (Å²) >= 11 is 24.8. The number of ketones is 1. The molecule has 0 N–H and O–H groups in total. The van der Waals surface area contributed by atoms with E-state index in [0.29, 0.717) is 44.3 Å². The molecule has 0 aromatic heterocycles. The molecule has 1 saturated heterocycles. The fraction of sp³-hybridized carbons (Fsp3) is 0.190. The zero-order valence-electron chi connectivity index (χ0n) is 14.6. The summed E-state index contributed by atoms with van der Waals surface area (Å²) in [6.07, 6.45) is 3.62. The first kappa shape index (κ1) is 20.4. The Labute approximate surface area is 179 Å². The van der Waals surface area contributed by atoms with Gasteiger partial charge in [-0.2, -0.15) is 0 Å². The van der Waals surface area contributed by atoms with Gasteiger partial charge in [-0.15, -0.1) is 0 Å². The van der Waals surface area contributed by atoms with E-state index in [0.717, 1.165) is 17.7 Å². The van der Waals surface area contributed by atoms with Crippen LogP contribution >= 0.6 is 46.4 Å². The largest absolute Gasteiger partial charge is 0.295 e. The molecule has 1 heterocycles. The summed E-state index contributed by atoms with van der Waals surface area (Å²) in [5, 5.41) is 1.80. The van der Waals surface area contributed by atoms with Crippen molar-refractivity contribution in [2.24, 2.45) is 0 Å². The van der Waals surface area contributed by atoms with E-state index < -0.39 is 0 Å². The molecular formula is C21H17Cl4NO. The molecule has 0 saturated carbocycles. The molecule has 1 aliphatic heterocycles. The van der Waals surface area contributed by atoms with Crippen LogP contribution in [-0.2, 0) is 4.79 Å². The Morgan fingerprint density at radius 3 is 1.70 bits per heavy atom. The predicted molar refractivity (Wildman–Crippen MR) is 116 cm³/mol. The summed E-state index contributed by atoms with van der Waals surface area (Å²) in [6, 6.07) is 10.8. The minimum absolute atomic E-state index is 0.0215. The fourth-order valence-electron chi connectivity index (χ4n) is 2.97. The second-order valence-corrected chi connectivity index (χ2v) is 7.83. The molecule has 1 aliphatic rings. The smallest absolute Gasteiger partial charge is 0.187 e. The molecule has 2 nitrogen and oxygen atoms in total. The summed E-state index contributed by atoms with van der Waals surface area (Å²) in [5.41, 5.74) is 2.78. The molecule has 2 aromatic rings. The number of hydrogen-bond donors (Lipinski definition) is 0. The number of benzene rings is 2. The van der Waals surface area contributed by atoms with Gasteiger partial charge in [-0.25, -0.2) is 0 Å². The van der Waals surface area contributed by atoms with E-state index in [-0.39, 0.29) is 5.78 Å². The molecule has 3 rings (SSSR count). The normalized spacial score (nSPS) is 18.5.